The molecular formula is C14H21NO3. The van der Waals surface area contributed by atoms with Gasteiger partial charge in [0.05, 0.1) is 24.7 Å². The Hall–Kier alpha value is -1.39. The minimum absolute atomic E-state index is 0.0159. The van der Waals surface area contributed by atoms with Gasteiger partial charge in [-0.3, -0.25) is 4.79 Å². The Bertz CT molecular complexity index is 365. The lowest BCUT2D eigenvalue weighted by Gasteiger charge is -2.16. The summed E-state index contributed by atoms with van der Waals surface area (Å²) in [4.78, 5) is 11.7. The van der Waals surface area contributed by atoms with E-state index in [0.29, 0.717) is 0 Å². The Balaban J connectivity index is 2.41. The summed E-state index contributed by atoms with van der Waals surface area (Å²) in [6.07, 6.45) is -1.16. The molecule has 4 nitrogen and oxygen atoms in total. The van der Waals surface area contributed by atoms with Crippen LogP contribution in [0.1, 0.15) is 38.3 Å². The highest BCUT2D eigenvalue weighted by molar-refractivity contribution is 5.76. The number of hydrogen-bond acceptors (Lipinski definition) is 3. The number of rotatable bonds is 6. The number of hydrogen-bond donors (Lipinski definition) is 3. The highest BCUT2D eigenvalue weighted by Crippen LogP contribution is 2.12. The molecule has 100 valence electrons. The van der Waals surface area contributed by atoms with Crippen LogP contribution in [-0.4, -0.2) is 28.3 Å². The number of aliphatic hydroxyl groups is 2. The lowest BCUT2D eigenvalue weighted by atomic mass is 10.1. The van der Waals surface area contributed by atoms with Crippen LogP contribution in [-0.2, 0) is 4.79 Å². The van der Waals surface area contributed by atoms with Crippen molar-refractivity contribution in [1.82, 2.24) is 5.32 Å². The Kier molecular flexibility index (Phi) is 5.82. The molecule has 0 aromatic heterocycles. The fourth-order valence-electron chi connectivity index (χ4n) is 1.82. The molecule has 0 aliphatic carbocycles. The predicted octanol–water partition coefficient (Wildman–Crippen LogP) is 1.39. The molecule has 0 radical (unpaired) electrons. The van der Waals surface area contributed by atoms with Crippen LogP contribution in [0.25, 0.3) is 0 Å². The summed E-state index contributed by atoms with van der Waals surface area (Å²) >= 11 is 0. The van der Waals surface area contributed by atoms with E-state index in [1.807, 2.05) is 37.3 Å². The summed E-state index contributed by atoms with van der Waals surface area (Å²) in [5.41, 5.74) is 1.02. The van der Waals surface area contributed by atoms with E-state index >= 15 is 0 Å². The molecule has 1 rings (SSSR count). The molecule has 0 saturated carbocycles. The maximum Gasteiger partial charge on any atom is 0.223 e. The number of benzene rings is 1. The van der Waals surface area contributed by atoms with Gasteiger partial charge in [0.2, 0.25) is 5.91 Å². The van der Waals surface area contributed by atoms with Crippen LogP contribution in [0.2, 0.25) is 0 Å². The van der Waals surface area contributed by atoms with Gasteiger partial charge in [-0.2, -0.15) is 0 Å². The van der Waals surface area contributed by atoms with E-state index in [1.54, 1.807) is 6.92 Å². The van der Waals surface area contributed by atoms with Gasteiger partial charge in [0.25, 0.3) is 0 Å². The van der Waals surface area contributed by atoms with Gasteiger partial charge >= 0.3 is 0 Å². The summed E-state index contributed by atoms with van der Waals surface area (Å²) in [6.45, 7) is 3.49. The van der Waals surface area contributed by atoms with Crippen molar-refractivity contribution < 1.29 is 15.0 Å². The van der Waals surface area contributed by atoms with Crippen molar-refractivity contribution in [2.45, 2.75) is 44.9 Å². The van der Waals surface area contributed by atoms with Crippen LogP contribution in [0.3, 0.4) is 0 Å². The van der Waals surface area contributed by atoms with Crippen LogP contribution < -0.4 is 5.32 Å². The topological polar surface area (TPSA) is 69.6 Å². The van der Waals surface area contributed by atoms with Crippen LogP contribution in [0.4, 0.5) is 0 Å². The van der Waals surface area contributed by atoms with Crippen molar-refractivity contribution in [3.8, 4) is 0 Å². The molecule has 3 atom stereocenters. The van der Waals surface area contributed by atoms with Crippen molar-refractivity contribution in [3.05, 3.63) is 35.9 Å². The quantitative estimate of drug-likeness (QED) is 0.715. The van der Waals surface area contributed by atoms with Crippen LogP contribution in [0.15, 0.2) is 30.3 Å². The van der Waals surface area contributed by atoms with E-state index in [-0.39, 0.29) is 24.8 Å². The van der Waals surface area contributed by atoms with E-state index < -0.39 is 12.2 Å². The summed E-state index contributed by atoms with van der Waals surface area (Å²) in [7, 11) is 0. The molecule has 1 aromatic rings. The third kappa shape index (κ3) is 5.29. The summed E-state index contributed by atoms with van der Waals surface area (Å²) < 4.78 is 0. The maximum atomic E-state index is 11.7. The molecule has 0 aliphatic heterocycles. The highest BCUT2D eigenvalue weighted by Gasteiger charge is 2.15. The second kappa shape index (κ2) is 7.13. The summed E-state index contributed by atoms with van der Waals surface area (Å²) in [5.74, 6) is -0.209. The smallest absolute Gasteiger partial charge is 0.223 e. The van der Waals surface area contributed by atoms with Crippen LogP contribution >= 0.6 is 0 Å². The van der Waals surface area contributed by atoms with Crippen LogP contribution in [0.5, 0.6) is 0 Å². The van der Waals surface area contributed by atoms with Gasteiger partial charge in [-0.1, -0.05) is 30.3 Å². The first-order valence-electron chi connectivity index (χ1n) is 6.19. The molecule has 18 heavy (non-hydrogen) atoms. The third-order valence-electron chi connectivity index (χ3n) is 2.71. The van der Waals surface area contributed by atoms with Gasteiger partial charge < -0.3 is 15.5 Å². The first-order valence-corrected chi connectivity index (χ1v) is 6.19. The van der Waals surface area contributed by atoms with E-state index in [1.165, 1.54) is 0 Å². The SMILES string of the molecule is C[C@H](O)C[C@H](O)CC(=O)N[C@@H](C)c1ccccc1. The first-order chi connectivity index (χ1) is 8.49. The molecule has 0 heterocycles. The average Bonchev–Trinajstić information content (AvgIpc) is 2.28. The fourth-order valence-corrected chi connectivity index (χ4v) is 1.82. The first kappa shape index (κ1) is 14.7. The number of nitrogens with one attached hydrogen (secondary N) is 1. The highest BCUT2D eigenvalue weighted by atomic mass is 16.3. The van der Waals surface area contributed by atoms with E-state index in [4.69, 9.17) is 5.11 Å². The van der Waals surface area contributed by atoms with Gasteiger partial charge in [0.1, 0.15) is 0 Å². The number of aliphatic hydroxyl groups excluding tert-OH is 2. The standard InChI is InChI=1S/C14H21NO3/c1-10(16)8-13(17)9-14(18)15-11(2)12-6-4-3-5-7-12/h3-7,10-11,13,16-17H,8-9H2,1-2H3,(H,15,18)/t10-,11-,13-/m0/s1. The Morgan fingerprint density at radius 3 is 2.39 bits per heavy atom. The van der Waals surface area contributed by atoms with Crippen molar-refractivity contribution in [2.24, 2.45) is 0 Å². The summed E-state index contributed by atoms with van der Waals surface area (Å²) in [5, 5.41) is 21.5. The summed E-state index contributed by atoms with van der Waals surface area (Å²) in [6, 6.07) is 9.55. The molecule has 0 saturated heterocycles. The molecule has 1 aromatic carbocycles. The minimum atomic E-state index is -0.798. The number of carbonyl (C=O) groups excluding carboxylic acids is 1. The Morgan fingerprint density at radius 2 is 1.83 bits per heavy atom. The molecule has 0 bridgehead atoms. The molecule has 3 N–H and O–H groups in total. The minimum Gasteiger partial charge on any atom is -0.393 e. The van der Waals surface area contributed by atoms with Gasteiger partial charge in [0, 0.05) is 0 Å². The zero-order valence-corrected chi connectivity index (χ0v) is 10.8. The fraction of sp³-hybridized carbons (Fsp3) is 0.500. The van der Waals surface area contributed by atoms with Crippen molar-refractivity contribution in [3.63, 3.8) is 0 Å². The average molecular weight is 251 g/mol. The van der Waals surface area contributed by atoms with Gasteiger partial charge in [-0.25, -0.2) is 0 Å². The zero-order valence-electron chi connectivity index (χ0n) is 10.8. The number of amides is 1. The second-order valence-electron chi connectivity index (χ2n) is 4.64. The third-order valence-corrected chi connectivity index (χ3v) is 2.71. The zero-order chi connectivity index (χ0) is 13.5. The monoisotopic (exact) mass is 251 g/mol. The molecule has 4 heteroatoms. The van der Waals surface area contributed by atoms with Crippen LogP contribution in [0, 0.1) is 0 Å². The lowest BCUT2D eigenvalue weighted by Crippen LogP contribution is -2.30. The van der Waals surface area contributed by atoms with Crippen molar-refractivity contribution >= 4 is 5.91 Å². The predicted molar refractivity (Wildman–Crippen MR) is 69.9 cm³/mol. The van der Waals surface area contributed by atoms with E-state index in [0.717, 1.165) is 5.56 Å². The molecule has 0 fully saturated rings. The molecule has 0 unspecified atom stereocenters. The molecule has 0 aliphatic rings. The Morgan fingerprint density at radius 1 is 1.22 bits per heavy atom. The van der Waals surface area contributed by atoms with Gasteiger partial charge in [0.15, 0.2) is 0 Å². The molecule has 1 amide bonds. The maximum absolute atomic E-state index is 11.7. The molecular weight excluding hydrogens is 230 g/mol. The van der Waals surface area contributed by atoms with Gasteiger partial charge in [-0.05, 0) is 25.8 Å². The largest absolute Gasteiger partial charge is 0.393 e. The van der Waals surface area contributed by atoms with E-state index in [9.17, 15) is 9.90 Å². The molecule has 0 spiro atoms. The van der Waals surface area contributed by atoms with Gasteiger partial charge in [-0.15, -0.1) is 0 Å². The van der Waals surface area contributed by atoms with Crippen molar-refractivity contribution in [1.29, 1.82) is 0 Å². The number of carbonyl (C=O) groups is 1. The van der Waals surface area contributed by atoms with E-state index in [2.05, 4.69) is 5.32 Å². The lowest BCUT2D eigenvalue weighted by molar-refractivity contribution is -0.123. The normalized spacial score (nSPS) is 15.8. The van der Waals surface area contributed by atoms with Crippen molar-refractivity contribution in [2.75, 3.05) is 0 Å². The second-order valence-corrected chi connectivity index (χ2v) is 4.64. The Labute approximate surface area is 108 Å².